The maximum atomic E-state index is 12.7. The van der Waals surface area contributed by atoms with Crippen LogP contribution in [0.2, 0.25) is 0 Å². The number of aromatic nitrogens is 1. The number of likely N-dealkylation sites (N-methyl/N-ethyl adjacent to an activating group) is 1. The zero-order valence-electron chi connectivity index (χ0n) is 15.5. The van der Waals surface area contributed by atoms with Gasteiger partial charge in [-0.3, -0.25) is 14.6 Å². The number of pyridine rings is 1. The molecule has 1 aliphatic rings. The highest BCUT2D eigenvalue weighted by Gasteiger charge is 2.40. The first-order valence-corrected chi connectivity index (χ1v) is 9.29. The fraction of sp³-hybridized carbons (Fsp3) is 0.381. The molecule has 0 unspecified atom stereocenters. The minimum atomic E-state index is -0.485. The summed E-state index contributed by atoms with van der Waals surface area (Å²) in [5, 5.41) is 2.66. The Morgan fingerprint density at radius 1 is 1.22 bits per heavy atom. The predicted molar refractivity (Wildman–Crippen MR) is 102 cm³/mol. The maximum Gasteiger partial charge on any atom is 0.242 e. The largest absolute Gasteiger partial charge is 0.487 e. The smallest absolute Gasteiger partial charge is 0.242 e. The second kappa shape index (κ2) is 9.16. The first kappa shape index (κ1) is 18.9. The lowest BCUT2D eigenvalue weighted by molar-refractivity contribution is -0.138. The molecule has 6 heteroatoms. The molecule has 0 bridgehead atoms. The van der Waals surface area contributed by atoms with Crippen molar-refractivity contribution in [3.05, 3.63) is 60.4 Å². The van der Waals surface area contributed by atoms with E-state index in [2.05, 4.69) is 22.4 Å². The quantitative estimate of drug-likeness (QED) is 0.814. The average Bonchev–Trinajstić information content (AvgIpc) is 3.13. The second-order valence-corrected chi connectivity index (χ2v) is 6.68. The molecule has 2 heterocycles. The zero-order chi connectivity index (χ0) is 19.1. The van der Waals surface area contributed by atoms with Gasteiger partial charge in [0.2, 0.25) is 11.8 Å². The van der Waals surface area contributed by atoms with Crippen molar-refractivity contribution >= 4 is 11.8 Å². The molecule has 2 amide bonds. The number of rotatable bonds is 7. The highest BCUT2D eigenvalue weighted by molar-refractivity contribution is 5.88. The van der Waals surface area contributed by atoms with Crippen molar-refractivity contribution in [2.45, 2.75) is 37.8 Å². The van der Waals surface area contributed by atoms with Crippen molar-refractivity contribution in [2.75, 3.05) is 13.6 Å². The summed E-state index contributed by atoms with van der Waals surface area (Å²) in [6.45, 7) is 0.414. The number of carbonyl (C=O) groups excluding carboxylic acids is 2. The molecule has 1 N–H and O–H groups in total. The van der Waals surface area contributed by atoms with Crippen molar-refractivity contribution in [1.29, 1.82) is 0 Å². The summed E-state index contributed by atoms with van der Waals surface area (Å²) in [6.07, 6.45) is 5.61. The van der Waals surface area contributed by atoms with Crippen molar-refractivity contribution in [2.24, 2.45) is 0 Å². The molecule has 6 nitrogen and oxygen atoms in total. The van der Waals surface area contributed by atoms with Crippen molar-refractivity contribution in [3.63, 3.8) is 0 Å². The molecule has 0 aliphatic carbocycles. The van der Waals surface area contributed by atoms with E-state index in [1.54, 1.807) is 30.4 Å². The fourth-order valence-electron chi connectivity index (χ4n) is 3.41. The van der Waals surface area contributed by atoms with E-state index in [4.69, 9.17) is 4.74 Å². The van der Waals surface area contributed by atoms with Crippen molar-refractivity contribution < 1.29 is 14.3 Å². The molecule has 142 valence electrons. The highest BCUT2D eigenvalue weighted by Crippen LogP contribution is 2.24. The number of hydrogen-bond acceptors (Lipinski definition) is 4. The van der Waals surface area contributed by atoms with E-state index in [0.29, 0.717) is 25.1 Å². The summed E-state index contributed by atoms with van der Waals surface area (Å²) in [4.78, 5) is 30.7. The third-order valence-corrected chi connectivity index (χ3v) is 4.77. The van der Waals surface area contributed by atoms with Crippen LogP contribution in [-0.2, 0) is 16.0 Å². The Kier molecular flexibility index (Phi) is 6.41. The molecule has 2 aromatic rings. The Labute approximate surface area is 159 Å². The van der Waals surface area contributed by atoms with Crippen molar-refractivity contribution in [3.8, 4) is 5.75 Å². The Morgan fingerprint density at radius 2 is 2.04 bits per heavy atom. The van der Waals surface area contributed by atoms with Gasteiger partial charge in [-0.15, -0.1) is 0 Å². The molecule has 0 radical (unpaired) electrons. The lowest BCUT2D eigenvalue weighted by atomic mass is 10.1. The summed E-state index contributed by atoms with van der Waals surface area (Å²) in [5.74, 6) is 0.497. The number of nitrogens with one attached hydrogen (secondary N) is 1. The highest BCUT2D eigenvalue weighted by atomic mass is 16.5. The third kappa shape index (κ3) is 5.06. The number of carbonyl (C=O) groups is 2. The number of benzene rings is 1. The minimum absolute atomic E-state index is 0.00295. The SMILES string of the molecule is CNC(=O)[C@@H]1C[C@H](Oc2cccnc2)CN1C(=O)CCCc1ccccc1. The number of amides is 2. The molecule has 3 rings (SSSR count). The van der Waals surface area contributed by atoms with Gasteiger partial charge in [0.1, 0.15) is 17.9 Å². The molecule has 0 saturated carbocycles. The third-order valence-electron chi connectivity index (χ3n) is 4.77. The van der Waals surface area contributed by atoms with Gasteiger partial charge in [-0.25, -0.2) is 0 Å². The standard InChI is InChI=1S/C21H25N3O3/c1-22-21(26)19-13-18(27-17-10-6-12-23-14-17)15-24(19)20(25)11-5-9-16-7-3-2-4-8-16/h2-4,6-8,10,12,14,18-19H,5,9,11,13,15H2,1H3,(H,22,26)/t18-,19-/m0/s1. The van der Waals surface area contributed by atoms with Crippen LogP contribution in [-0.4, -0.2) is 47.4 Å². The van der Waals surface area contributed by atoms with Crippen molar-refractivity contribution in [1.82, 2.24) is 15.2 Å². The van der Waals surface area contributed by atoms with Crippen LogP contribution in [0.3, 0.4) is 0 Å². The Bertz CT molecular complexity index is 752. The van der Waals surface area contributed by atoms with Crippen LogP contribution in [0.25, 0.3) is 0 Å². The fourth-order valence-corrected chi connectivity index (χ4v) is 3.41. The molecular formula is C21H25N3O3. The summed E-state index contributed by atoms with van der Waals surface area (Å²) in [6, 6.07) is 13.2. The van der Waals surface area contributed by atoms with E-state index in [0.717, 1.165) is 12.8 Å². The van der Waals surface area contributed by atoms with Gasteiger partial charge in [-0.2, -0.15) is 0 Å². The number of ether oxygens (including phenoxy) is 1. The molecule has 0 spiro atoms. The van der Waals surface area contributed by atoms with E-state index in [9.17, 15) is 9.59 Å². The van der Waals surface area contributed by atoms with Crippen LogP contribution >= 0.6 is 0 Å². The summed E-state index contributed by atoms with van der Waals surface area (Å²) >= 11 is 0. The maximum absolute atomic E-state index is 12.7. The van der Waals surface area contributed by atoms with E-state index in [1.165, 1.54) is 5.56 Å². The number of aryl methyl sites for hydroxylation is 1. The van der Waals surface area contributed by atoms with Gasteiger partial charge in [-0.1, -0.05) is 30.3 Å². The molecule has 1 fully saturated rings. The van der Waals surface area contributed by atoms with Crippen LogP contribution in [0, 0.1) is 0 Å². The molecule has 27 heavy (non-hydrogen) atoms. The lowest BCUT2D eigenvalue weighted by Crippen LogP contribution is -2.44. The first-order valence-electron chi connectivity index (χ1n) is 9.29. The van der Waals surface area contributed by atoms with Crippen LogP contribution in [0.4, 0.5) is 0 Å². The van der Waals surface area contributed by atoms with Gasteiger partial charge in [0.15, 0.2) is 0 Å². The predicted octanol–water partition coefficient (Wildman–Crippen LogP) is 2.20. The van der Waals surface area contributed by atoms with E-state index >= 15 is 0 Å². The van der Waals surface area contributed by atoms with Gasteiger partial charge in [-0.05, 0) is 30.5 Å². The number of likely N-dealkylation sites (tertiary alicyclic amines) is 1. The van der Waals surface area contributed by atoms with Crippen LogP contribution in [0.1, 0.15) is 24.8 Å². The topological polar surface area (TPSA) is 71.5 Å². The Morgan fingerprint density at radius 3 is 2.74 bits per heavy atom. The van der Waals surface area contributed by atoms with Gasteiger partial charge in [0.25, 0.3) is 0 Å². The molecule has 1 aliphatic heterocycles. The van der Waals surface area contributed by atoms with Gasteiger partial charge in [0, 0.05) is 26.1 Å². The van der Waals surface area contributed by atoms with E-state index < -0.39 is 6.04 Å². The Hall–Kier alpha value is -2.89. The summed E-state index contributed by atoms with van der Waals surface area (Å²) in [7, 11) is 1.59. The molecular weight excluding hydrogens is 342 g/mol. The normalized spacial score (nSPS) is 18.9. The van der Waals surface area contributed by atoms with E-state index in [-0.39, 0.29) is 17.9 Å². The first-order chi connectivity index (χ1) is 13.2. The average molecular weight is 367 g/mol. The molecule has 1 saturated heterocycles. The monoisotopic (exact) mass is 367 g/mol. The molecule has 1 aromatic carbocycles. The molecule has 1 aromatic heterocycles. The van der Waals surface area contributed by atoms with Crippen LogP contribution < -0.4 is 10.1 Å². The Balaban J connectivity index is 1.58. The lowest BCUT2D eigenvalue weighted by Gasteiger charge is -2.23. The summed E-state index contributed by atoms with van der Waals surface area (Å²) in [5.41, 5.74) is 1.22. The summed E-state index contributed by atoms with van der Waals surface area (Å²) < 4.78 is 5.92. The van der Waals surface area contributed by atoms with Crippen LogP contribution in [0.5, 0.6) is 5.75 Å². The van der Waals surface area contributed by atoms with Gasteiger partial charge in [0.05, 0.1) is 12.7 Å². The second-order valence-electron chi connectivity index (χ2n) is 6.68. The number of hydrogen-bond donors (Lipinski definition) is 1. The zero-order valence-corrected chi connectivity index (χ0v) is 15.5. The van der Waals surface area contributed by atoms with Gasteiger partial charge >= 0.3 is 0 Å². The molecule has 2 atom stereocenters. The van der Waals surface area contributed by atoms with E-state index in [1.807, 2.05) is 24.3 Å². The van der Waals surface area contributed by atoms with Gasteiger partial charge < -0.3 is 15.0 Å². The minimum Gasteiger partial charge on any atom is -0.487 e. The van der Waals surface area contributed by atoms with Crippen LogP contribution in [0.15, 0.2) is 54.9 Å². The number of nitrogens with zero attached hydrogens (tertiary/aromatic N) is 2.